The first-order valence-corrected chi connectivity index (χ1v) is 7.32. The third-order valence-electron chi connectivity index (χ3n) is 2.37. The molecular weight excluding hydrogens is 387 g/mol. The van der Waals surface area contributed by atoms with E-state index in [0.717, 1.165) is 20.1 Å². The average Bonchev–Trinajstić information content (AvgIpc) is 2.31. The van der Waals surface area contributed by atoms with Crippen LogP contribution in [0.25, 0.3) is 0 Å². The van der Waals surface area contributed by atoms with Crippen molar-refractivity contribution in [2.24, 2.45) is 0 Å². The summed E-state index contributed by atoms with van der Waals surface area (Å²) in [6.07, 6.45) is 0. The van der Waals surface area contributed by atoms with Crippen LogP contribution in [0.15, 0.2) is 51.4 Å². The van der Waals surface area contributed by atoms with E-state index in [9.17, 15) is 0 Å². The Morgan fingerprint density at radius 1 is 1.00 bits per heavy atom. The molecule has 0 aliphatic carbocycles. The van der Waals surface area contributed by atoms with Gasteiger partial charge < -0.3 is 0 Å². The van der Waals surface area contributed by atoms with Gasteiger partial charge in [-0.3, -0.25) is 0 Å². The van der Waals surface area contributed by atoms with Gasteiger partial charge in [-0.1, -0.05) is 55.6 Å². The van der Waals surface area contributed by atoms with E-state index < -0.39 is 0 Å². The summed E-state index contributed by atoms with van der Waals surface area (Å²) in [4.78, 5) is 0. The molecule has 4 heteroatoms. The molecule has 0 radical (unpaired) electrons. The number of hydrogen-bond acceptors (Lipinski definition) is 0. The van der Waals surface area contributed by atoms with Crippen LogP contribution in [0.2, 0.25) is 5.02 Å². The smallest absolute Gasteiger partial charge is 0.0847 e. The zero-order valence-corrected chi connectivity index (χ0v) is 13.3. The summed E-state index contributed by atoms with van der Waals surface area (Å²) in [5.41, 5.74) is 2.00. The minimum absolute atomic E-state index is 0.222. The Bertz CT molecular complexity index is 541. The Balaban J connectivity index is 2.43. The summed E-state index contributed by atoms with van der Waals surface area (Å²) in [7, 11) is 0. The van der Waals surface area contributed by atoms with E-state index in [2.05, 4.69) is 31.9 Å². The fourth-order valence-corrected chi connectivity index (χ4v) is 3.05. The molecule has 0 spiro atoms. The first-order chi connectivity index (χ1) is 8.08. The molecule has 0 nitrogen and oxygen atoms in total. The third kappa shape index (κ3) is 3.25. The molecule has 0 aliphatic rings. The van der Waals surface area contributed by atoms with Crippen molar-refractivity contribution in [3.63, 3.8) is 0 Å². The Kier molecular flexibility index (Phi) is 4.53. The SMILES string of the molecule is Clc1cccc(C(Cl)c2cc(Br)ccc2Br)c1. The van der Waals surface area contributed by atoms with E-state index in [1.165, 1.54) is 0 Å². The summed E-state index contributed by atoms with van der Waals surface area (Å²) in [5, 5.41) is 0.472. The summed E-state index contributed by atoms with van der Waals surface area (Å²) < 4.78 is 1.99. The number of rotatable bonds is 2. The molecule has 0 heterocycles. The highest BCUT2D eigenvalue weighted by molar-refractivity contribution is 9.11. The van der Waals surface area contributed by atoms with Crippen molar-refractivity contribution in [3.8, 4) is 0 Å². The second-order valence-corrected chi connectivity index (χ2v) is 6.23. The Morgan fingerprint density at radius 3 is 2.47 bits per heavy atom. The van der Waals surface area contributed by atoms with Gasteiger partial charge in [-0.15, -0.1) is 11.6 Å². The fourth-order valence-electron chi connectivity index (χ4n) is 1.55. The van der Waals surface area contributed by atoms with Gasteiger partial charge in [0.25, 0.3) is 0 Å². The lowest BCUT2D eigenvalue weighted by atomic mass is 10.0. The van der Waals surface area contributed by atoms with Crippen molar-refractivity contribution in [1.82, 2.24) is 0 Å². The molecular formula is C13H8Br2Cl2. The quantitative estimate of drug-likeness (QED) is 0.532. The van der Waals surface area contributed by atoms with Gasteiger partial charge in [0.15, 0.2) is 0 Å². The van der Waals surface area contributed by atoms with Crippen molar-refractivity contribution in [3.05, 3.63) is 67.6 Å². The maximum atomic E-state index is 6.47. The van der Waals surface area contributed by atoms with Crippen LogP contribution in [0, 0.1) is 0 Å². The molecule has 0 aliphatic heterocycles. The number of hydrogen-bond donors (Lipinski definition) is 0. The van der Waals surface area contributed by atoms with E-state index in [4.69, 9.17) is 23.2 Å². The highest BCUT2D eigenvalue weighted by atomic mass is 79.9. The van der Waals surface area contributed by atoms with Crippen LogP contribution in [0.5, 0.6) is 0 Å². The summed E-state index contributed by atoms with van der Waals surface area (Å²) >= 11 is 19.4. The monoisotopic (exact) mass is 392 g/mol. The van der Waals surface area contributed by atoms with Crippen molar-refractivity contribution in [2.45, 2.75) is 5.38 Å². The second-order valence-electron chi connectivity index (χ2n) is 3.58. The molecule has 0 saturated carbocycles. The molecule has 2 aromatic carbocycles. The Morgan fingerprint density at radius 2 is 1.76 bits per heavy atom. The molecule has 0 saturated heterocycles. The Hall–Kier alpha value is -0.0200. The van der Waals surface area contributed by atoms with Crippen molar-refractivity contribution in [2.75, 3.05) is 0 Å². The van der Waals surface area contributed by atoms with Gasteiger partial charge in [0, 0.05) is 14.0 Å². The topological polar surface area (TPSA) is 0 Å². The van der Waals surface area contributed by atoms with E-state index in [-0.39, 0.29) is 5.38 Å². The van der Waals surface area contributed by atoms with Crippen LogP contribution in [0.1, 0.15) is 16.5 Å². The molecule has 17 heavy (non-hydrogen) atoms. The van der Waals surface area contributed by atoms with Crippen LogP contribution in [0.4, 0.5) is 0 Å². The van der Waals surface area contributed by atoms with Crippen LogP contribution < -0.4 is 0 Å². The predicted molar refractivity (Wildman–Crippen MR) is 81.0 cm³/mol. The molecule has 0 N–H and O–H groups in total. The van der Waals surface area contributed by atoms with E-state index >= 15 is 0 Å². The summed E-state index contributed by atoms with van der Waals surface area (Å²) in [5.74, 6) is 0. The van der Waals surface area contributed by atoms with Gasteiger partial charge in [0.2, 0.25) is 0 Å². The van der Waals surface area contributed by atoms with Crippen LogP contribution >= 0.6 is 55.1 Å². The number of alkyl halides is 1. The standard InChI is InChI=1S/C13H8Br2Cl2/c14-9-4-5-12(15)11(7-9)13(17)8-2-1-3-10(16)6-8/h1-7,13H. The average molecular weight is 395 g/mol. The largest absolute Gasteiger partial charge is 0.113 e. The lowest BCUT2D eigenvalue weighted by Gasteiger charge is -2.13. The van der Waals surface area contributed by atoms with Gasteiger partial charge in [-0.05, 0) is 41.5 Å². The molecule has 1 atom stereocenters. The van der Waals surface area contributed by atoms with Crippen molar-refractivity contribution < 1.29 is 0 Å². The second kappa shape index (κ2) is 5.75. The number of halogens is 4. The van der Waals surface area contributed by atoms with Crippen LogP contribution in [-0.2, 0) is 0 Å². The van der Waals surface area contributed by atoms with Gasteiger partial charge >= 0.3 is 0 Å². The third-order valence-corrected chi connectivity index (χ3v) is 4.31. The predicted octanol–water partition coefficient (Wildman–Crippen LogP) is 6.19. The van der Waals surface area contributed by atoms with Crippen molar-refractivity contribution in [1.29, 1.82) is 0 Å². The Labute approximate surface area is 127 Å². The maximum absolute atomic E-state index is 6.47. The molecule has 0 bridgehead atoms. The molecule has 0 amide bonds. The zero-order valence-electron chi connectivity index (χ0n) is 8.63. The molecule has 1 unspecified atom stereocenters. The molecule has 0 aromatic heterocycles. The lowest BCUT2D eigenvalue weighted by molar-refractivity contribution is 1.13. The first kappa shape index (κ1) is 13.4. The molecule has 2 rings (SSSR count). The van der Waals surface area contributed by atoms with Crippen LogP contribution in [-0.4, -0.2) is 0 Å². The number of benzene rings is 2. The highest BCUT2D eigenvalue weighted by Crippen LogP contribution is 2.36. The van der Waals surface area contributed by atoms with E-state index in [0.29, 0.717) is 5.02 Å². The lowest BCUT2D eigenvalue weighted by Crippen LogP contribution is -1.94. The normalized spacial score (nSPS) is 12.5. The molecule has 2 aromatic rings. The van der Waals surface area contributed by atoms with Crippen molar-refractivity contribution >= 4 is 55.1 Å². The van der Waals surface area contributed by atoms with Gasteiger partial charge in [-0.2, -0.15) is 0 Å². The highest BCUT2D eigenvalue weighted by Gasteiger charge is 2.14. The van der Waals surface area contributed by atoms with E-state index in [1.807, 2.05) is 42.5 Å². The summed E-state index contributed by atoms with van der Waals surface area (Å²) in [6.45, 7) is 0. The summed E-state index contributed by atoms with van der Waals surface area (Å²) in [6, 6.07) is 13.5. The van der Waals surface area contributed by atoms with Gasteiger partial charge in [0.1, 0.15) is 0 Å². The van der Waals surface area contributed by atoms with Gasteiger partial charge in [-0.25, -0.2) is 0 Å². The van der Waals surface area contributed by atoms with E-state index in [1.54, 1.807) is 0 Å². The zero-order chi connectivity index (χ0) is 12.4. The maximum Gasteiger partial charge on any atom is 0.0847 e. The minimum atomic E-state index is -0.222. The van der Waals surface area contributed by atoms with Crippen LogP contribution in [0.3, 0.4) is 0 Å². The van der Waals surface area contributed by atoms with Gasteiger partial charge in [0.05, 0.1) is 5.38 Å². The molecule has 88 valence electrons. The first-order valence-electron chi connectivity index (χ1n) is 4.92. The minimum Gasteiger partial charge on any atom is -0.113 e. The fraction of sp³-hybridized carbons (Fsp3) is 0.0769. The molecule has 0 fully saturated rings.